The number of hydrogen-bond acceptors (Lipinski definition) is 5. The fraction of sp³-hybridized carbons (Fsp3) is 0.400. The minimum Gasteiger partial charge on any atom is -0.391 e. The third kappa shape index (κ3) is 3.06. The van der Waals surface area contributed by atoms with Crippen molar-refractivity contribution in [1.82, 2.24) is 0 Å². The van der Waals surface area contributed by atoms with Crippen LogP contribution in [-0.2, 0) is 0 Å². The van der Waals surface area contributed by atoms with Gasteiger partial charge in [0, 0.05) is 11.9 Å². The van der Waals surface area contributed by atoms with Crippen LogP contribution in [0.4, 0.5) is 15.8 Å². The lowest BCUT2D eigenvalue weighted by molar-refractivity contribution is -0.384. The van der Waals surface area contributed by atoms with Crippen molar-refractivity contribution >= 4 is 23.0 Å². The standard InChI is InChI=1S/C10H12ClFN2O4/c11-2-1-8(15)10(16)5-3-6(12)9(13)7(4-5)14(17)18/h3-4,8,10,15-16H,1-2,13H2. The van der Waals surface area contributed by atoms with Gasteiger partial charge >= 0.3 is 0 Å². The van der Waals surface area contributed by atoms with Crippen LogP contribution in [0.25, 0.3) is 0 Å². The van der Waals surface area contributed by atoms with Crippen LogP contribution in [0.15, 0.2) is 12.1 Å². The third-order valence-corrected chi connectivity index (χ3v) is 2.66. The number of alkyl halides is 1. The zero-order valence-corrected chi connectivity index (χ0v) is 9.97. The molecule has 0 aliphatic heterocycles. The van der Waals surface area contributed by atoms with Gasteiger partial charge in [0.05, 0.1) is 11.0 Å². The number of nitro benzene ring substituents is 1. The largest absolute Gasteiger partial charge is 0.391 e. The highest BCUT2D eigenvalue weighted by Crippen LogP contribution is 2.30. The maximum Gasteiger partial charge on any atom is 0.295 e. The molecule has 8 heteroatoms. The predicted octanol–water partition coefficient (Wildman–Crippen LogP) is 1.34. The van der Waals surface area contributed by atoms with Crippen molar-refractivity contribution in [1.29, 1.82) is 0 Å². The van der Waals surface area contributed by atoms with Crippen LogP contribution in [0.3, 0.4) is 0 Å². The Labute approximate surface area is 107 Å². The maximum atomic E-state index is 13.4. The number of benzene rings is 1. The number of halogens is 2. The van der Waals surface area contributed by atoms with E-state index < -0.39 is 34.3 Å². The summed E-state index contributed by atoms with van der Waals surface area (Å²) >= 11 is 5.39. The lowest BCUT2D eigenvalue weighted by Crippen LogP contribution is -2.19. The van der Waals surface area contributed by atoms with E-state index in [-0.39, 0.29) is 17.9 Å². The molecule has 0 heterocycles. The Morgan fingerprint density at radius 1 is 1.50 bits per heavy atom. The van der Waals surface area contributed by atoms with Crippen molar-refractivity contribution in [3.63, 3.8) is 0 Å². The van der Waals surface area contributed by atoms with Crippen molar-refractivity contribution in [2.45, 2.75) is 18.6 Å². The number of nitrogen functional groups attached to an aromatic ring is 1. The first kappa shape index (κ1) is 14.6. The van der Waals surface area contributed by atoms with E-state index in [1.54, 1.807) is 0 Å². The number of nitro groups is 1. The summed E-state index contributed by atoms with van der Waals surface area (Å²) in [6, 6.07) is 1.78. The van der Waals surface area contributed by atoms with Gasteiger partial charge in [-0.15, -0.1) is 11.6 Å². The number of nitrogens with two attached hydrogens (primary N) is 1. The average Bonchev–Trinajstić information content (AvgIpc) is 2.31. The van der Waals surface area contributed by atoms with Gasteiger partial charge in [-0.25, -0.2) is 4.39 Å². The highest BCUT2D eigenvalue weighted by atomic mass is 35.5. The Kier molecular flexibility index (Phi) is 4.83. The number of rotatable bonds is 5. The summed E-state index contributed by atoms with van der Waals surface area (Å²) in [5.41, 5.74) is 3.83. The van der Waals surface area contributed by atoms with Gasteiger partial charge in [-0.3, -0.25) is 10.1 Å². The number of aliphatic hydroxyl groups is 2. The minimum atomic E-state index is -1.46. The molecule has 2 unspecified atom stereocenters. The SMILES string of the molecule is Nc1c(F)cc(C(O)C(O)CCCl)cc1[N+](=O)[O-]. The van der Waals surface area contributed by atoms with Crippen molar-refractivity contribution < 1.29 is 19.5 Å². The molecule has 2 atom stereocenters. The summed E-state index contributed by atoms with van der Waals surface area (Å²) in [6.45, 7) is 0. The van der Waals surface area contributed by atoms with Crippen LogP contribution < -0.4 is 5.73 Å². The molecule has 0 amide bonds. The number of hydrogen-bond donors (Lipinski definition) is 3. The predicted molar refractivity (Wildman–Crippen MR) is 63.8 cm³/mol. The Bertz CT molecular complexity index is 458. The molecule has 18 heavy (non-hydrogen) atoms. The van der Waals surface area contributed by atoms with E-state index in [0.717, 1.165) is 12.1 Å². The molecule has 100 valence electrons. The molecule has 0 bridgehead atoms. The molecular formula is C10H12ClFN2O4. The van der Waals surface area contributed by atoms with E-state index in [1.807, 2.05) is 0 Å². The Hall–Kier alpha value is -1.44. The molecule has 1 aromatic carbocycles. The van der Waals surface area contributed by atoms with Crippen molar-refractivity contribution in [3.05, 3.63) is 33.6 Å². The normalized spacial score (nSPS) is 14.2. The highest BCUT2D eigenvalue weighted by molar-refractivity contribution is 6.17. The molecule has 0 radical (unpaired) electrons. The smallest absolute Gasteiger partial charge is 0.295 e. The second kappa shape index (κ2) is 5.94. The van der Waals surface area contributed by atoms with Gasteiger partial charge in [0.2, 0.25) is 0 Å². The van der Waals surface area contributed by atoms with Crippen LogP contribution in [0.2, 0.25) is 0 Å². The van der Waals surface area contributed by atoms with Gasteiger partial charge in [-0.05, 0) is 18.1 Å². The summed E-state index contributed by atoms with van der Waals surface area (Å²) in [4.78, 5) is 9.78. The topological polar surface area (TPSA) is 110 Å². The van der Waals surface area contributed by atoms with Crippen LogP contribution in [0, 0.1) is 15.9 Å². The van der Waals surface area contributed by atoms with Crippen molar-refractivity contribution in [2.75, 3.05) is 11.6 Å². The summed E-state index contributed by atoms with van der Waals surface area (Å²) in [7, 11) is 0. The number of nitrogens with zero attached hydrogens (tertiary/aromatic N) is 1. The fourth-order valence-corrected chi connectivity index (χ4v) is 1.66. The molecule has 0 fully saturated rings. The molecule has 4 N–H and O–H groups in total. The van der Waals surface area contributed by atoms with Gasteiger partial charge in [0.25, 0.3) is 5.69 Å². The van der Waals surface area contributed by atoms with E-state index in [1.165, 1.54) is 0 Å². The summed E-state index contributed by atoms with van der Waals surface area (Å²) in [6.07, 6.45) is -2.62. The van der Waals surface area contributed by atoms with Crippen LogP contribution in [-0.4, -0.2) is 27.1 Å². The Balaban J connectivity index is 3.14. The molecule has 0 aliphatic carbocycles. The molecule has 0 aliphatic rings. The van der Waals surface area contributed by atoms with Gasteiger partial charge in [-0.2, -0.15) is 0 Å². The summed E-state index contributed by atoms with van der Waals surface area (Å²) < 4.78 is 13.4. The molecule has 0 saturated heterocycles. The van der Waals surface area contributed by atoms with Crippen LogP contribution in [0.5, 0.6) is 0 Å². The number of anilines is 1. The number of aliphatic hydroxyl groups excluding tert-OH is 2. The first-order chi connectivity index (χ1) is 8.38. The first-order valence-electron chi connectivity index (χ1n) is 5.04. The summed E-state index contributed by atoms with van der Waals surface area (Å²) in [5, 5.41) is 29.8. The van der Waals surface area contributed by atoms with Crippen LogP contribution >= 0.6 is 11.6 Å². The average molecular weight is 279 g/mol. The lowest BCUT2D eigenvalue weighted by Gasteiger charge is -2.17. The van der Waals surface area contributed by atoms with E-state index in [2.05, 4.69) is 0 Å². The molecule has 1 rings (SSSR count). The zero-order chi connectivity index (χ0) is 13.9. The van der Waals surface area contributed by atoms with E-state index >= 15 is 0 Å². The van der Waals surface area contributed by atoms with E-state index in [9.17, 15) is 24.7 Å². The highest BCUT2D eigenvalue weighted by Gasteiger charge is 2.24. The second-order valence-electron chi connectivity index (χ2n) is 3.68. The molecule has 0 aromatic heterocycles. The van der Waals surface area contributed by atoms with E-state index in [4.69, 9.17) is 17.3 Å². The second-order valence-corrected chi connectivity index (χ2v) is 4.06. The first-order valence-corrected chi connectivity index (χ1v) is 5.57. The van der Waals surface area contributed by atoms with Gasteiger partial charge < -0.3 is 15.9 Å². The Morgan fingerprint density at radius 2 is 2.11 bits per heavy atom. The zero-order valence-electron chi connectivity index (χ0n) is 9.22. The minimum absolute atomic E-state index is 0.0719. The Morgan fingerprint density at radius 3 is 2.61 bits per heavy atom. The quantitative estimate of drug-likeness (QED) is 0.326. The molecular weight excluding hydrogens is 267 g/mol. The monoisotopic (exact) mass is 278 g/mol. The molecule has 6 nitrogen and oxygen atoms in total. The van der Waals surface area contributed by atoms with Crippen LogP contribution in [0.1, 0.15) is 18.1 Å². The van der Waals surface area contributed by atoms with Crippen molar-refractivity contribution in [2.24, 2.45) is 0 Å². The molecule has 0 saturated carbocycles. The third-order valence-electron chi connectivity index (χ3n) is 2.44. The molecule has 0 spiro atoms. The summed E-state index contributed by atoms with van der Waals surface area (Å²) in [5.74, 6) is -0.922. The van der Waals surface area contributed by atoms with Gasteiger partial charge in [0.1, 0.15) is 11.8 Å². The molecule has 1 aromatic rings. The van der Waals surface area contributed by atoms with Gasteiger partial charge in [-0.1, -0.05) is 0 Å². The van der Waals surface area contributed by atoms with Crippen molar-refractivity contribution in [3.8, 4) is 0 Å². The van der Waals surface area contributed by atoms with E-state index in [0.29, 0.717) is 0 Å². The lowest BCUT2D eigenvalue weighted by atomic mass is 10.0. The fourth-order valence-electron chi connectivity index (χ4n) is 1.44. The van der Waals surface area contributed by atoms with Gasteiger partial charge in [0.15, 0.2) is 5.82 Å². The maximum absolute atomic E-state index is 13.4.